The number of rotatable bonds is 4. The third kappa shape index (κ3) is 2.87. The number of Topliss-reactive ketones (excluding diaryl/α,β-unsaturated/α-hetero) is 1. The van der Waals surface area contributed by atoms with Crippen LogP contribution in [0.4, 0.5) is 0 Å². The first-order valence-corrected chi connectivity index (χ1v) is 8.18. The van der Waals surface area contributed by atoms with E-state index in [2.05, 4.69) is 15.9 Å². The van der Waals surface area contributed by atoms with Gasteiger partial charge in [-0.3, -0.25) is 4.79 Å². The number of fused-ring (bicyclic) bond motifs is 1. The molecule has 0 aliphatic carbocycles. The molecule has 1 heterocycles. The lowest BCUT2D eigenvalue weighted by Crippen LogP contribution is -2.03. The van der Waals surface area contributed by atoms with Crippen LogP contribution in [-0.2, 0) is 6.42 Å². The summed E-state index contributed by atoms with van der Waals surface area (Å²) in [5, 5.41) is 2.98. The zero-order valence-corrected chi connectivity index (χ0v) is 13.8. The van der Waals surface area contributed by atoms with E-state index in [1.807, 2.05) is 47.8 Å². The average Bonchev–Trinajstić information content (AvgIpc) is 2.93. The van der Waals surface area contributed by atoms with E-state index in [1.165, 1.54) is 0 Å². The highest BCUT2D eigenvalue weighted by molar-refractivity contribution is 9.10. The molecule has 3 aromatic rings. The third-order valence-corrected chi connectivity index (χ3v) is 5.12. The van der Waals surface area contributed by atoms with Gasteiger partial charge in [0.2, 0.25) is 0 Å². The van der Waals surface area contributed by atoms with Gasteiger partial charge in [-0.2, -0.15) is 0 Å². The molecule has 0 saturated carbocycles. The van der Waals surface area contributed by atoms with Crippen molar-refractivity contribution in [3.63, 3.8) is 0 Å². The van der Waals surface area contributed by atoms with Crippen LogP contribution in [0.25, 0.3) is 10.1 Å². The first kappa shape index (κ1) is 14.3. The molecule has 0 N–H and O–H groups in total. The quantitative estimate of drug-likeness (QED) is 0.605. The smallest absolute Gasteiger partial charge is 0.168 e. The summed E-state index contributed by atoms with van der Waals surface area (Å²) in [6.45, 7) is 0. The Labute approximate surface area is 135 Å². The molecule has 0 bridgehead atoms. The summed E-state index contributed by atoms with van der Waals surface area (Å²) in [4.78, 5) is 12.6. The molecule has 2 aromatic carbocycles. The molecule has 4 heteroatoms. The van der Waals surface area contributed by atoms with Crippen LogP contribution < -0.4 is 4.74 Å². The van der Waals surface area contributed by atoms with Crippen LogP contribution in [0.3, 0.4) is 0 Å². The normalized spacial score (nSPS) is 10.8. The summed E-state index contributed by atoms with van der Waals surface area (Å²) in [6, 6.07) is 13.7. The van der Waals surface area contributed by atoms with Crippen LogP contribution >= 0.6 is 27.3 Å². The summed E-state index contributed by atoms with van der Waals surface area (Å²) in [5.41, 5.74) is 1.74. The molecular weight excluding hydrogens is 348 g/mol. The molecule has 0 aliphatic rings. The molecule has 0 unspecified atom stereocenters. The Balaban J connectivity index is 1.93. The number of carbonyl (C=O) groups excluding carboxylic acids is 1. The zero-order valence-electron chi connectivity index (χ0n) is 11.4. The van der Waals surface area contributed by atoms with E-state index >= 15 is 0 Å². The van der Waals surface area contributed by atoms with Crippen LogP contribution in [0.5, 0.6) is 5.75 Å². The number of ether oxygens (including phenoxy) is 1. The van der Waals surface area contributed by atoms with Gasteiger partial charge in [-0.1, -0.05) is 34.1 Å². The Bertz CT molecular complexity index is 807. The van der Waals surface area contributed by atoms with Gasteiger partial charge in [-0.25, -0.2) is 0 Å². The van der Waals surface area contributed by atoms with Gasteiger partial charge in [0.25, 0.3) is 0 Å². The van der Waals surface area contributed by atoms with Gasteiger partial charge in [0.1, 0.15) is 5.75 Å². The van der Waals surface area contributed by atoms with E-state index in [0.717, 1.165) is 31.4 Å². The molecule has 106 valence electrons. The molecule has 2 nitrogen and oxygen atoms in total. The van der Waals surface area contributed by atoms with Gasteiger partial charge in [-0.05, 0) is 29.8 Å². The van der Waals surface area contributed by atoms with E-state index in [0.29, 0.717) is 6.42 Å². The lowest BCUT2D eigenvalue weighted by atomic mass is 10.0. The van der Waals surface area contributed by atoms with Crippen molar-refractivity contribution in [2.24, 2.45) is 0 Å². The first-order valence-electron chi connectivity index (χ1n) is 6.51. The van der Waals surface area contributed by atoms with Crippen molar-refractivity contribution in [2.75, 3.05) is 7.11 Å². The monoisotopic (exact) mass is 360 g/mol. The van der Waals surface area contributed by atoms with Gasteiger partial charge < -0.3 is 4.74 Å². The minimum Gasteiger partial charge on any atom is -0.497 e. The molecule has 0 spiro atoms. The largest absolute Gasteiger partial charge is 0.497 e. The second-order valence-electron chi connectivity index (χ2n) is 4.70. The molecule has 0 amide bonds. The maximum Gasteiger partial charge on any atom is 0.168 e. The summed E-state index contributed by atoms with van der Waals surface area (Å²) < 4.78 is 7.29. The zero-order chi connectivity index (χ0) is 14.8. The molecule has 0 aliphatic heterocycles. The Morgan fingerprint density at radius 1 is 1.24 bits per heavy atom. The lowest BCUT2D eigenvalue weighted by molar-refractivity contribution is 0.0994. The van der Waals surface area contributed by atoms with Crippen LogP contribution in [0.1, 0.15) is 15.9 Å². The maximum absolute atomic E-state index is 12.6. The molecule has 0 radical (unpaired) electrons. The Morgan fingerprint density at radius 2 is 2.05 bits per heavy atom. The minimum absolute atomic E-state index is 0.126. The summed E-state index contributed by atoms with van der Waals surface area (Å²) in [5.74, 6) is 0.887. The number of methoxy groups -OCH3 is 1. The highest BCUT2D eigenvalue weighted by Gasteiger charge is 2.14. The van der Waals surface area contributed by atoms with Crippen LogP contribution in [0.15, 0.2) is 52.3 Å². The second-order valence-corrected chi connectivity index (χ2v) is 6.47. The van der Waals surface area contributed by atoms with Crippen molar-refractivity contribution in [3.8, 4) is 5.75 Å². The Hall–Kier alpha value is -1.65. The topological polar surface area (TPSA) is 26.3 Å². The van der Waals surface area contributed by atoms with E-state index in [-0.39, 0.29) is 5.78 Å². The predicted molar refractivity (Wildman–Crippen MR) is 90.6 cm³/mol. The van der Waals surface area contributed by atoms with E-state index in [4.69, 9.17) is 4.74 Å². The van der Waals surface area contributed by atoms with Gasteiger partial charge in [0.15, 0.2) is 5.78 Å². The van der Waals surface area contributed by atoms with Crippen molar-refractivity contribution in [1.29, 1.82) is 0 Å². The van der Waals surface area contributed by atoms with Crippen molar-refractivity contribution in [1.82, 2.24) is 0 Å². The lowest BCUT2D eigenvalue weighted by Gasteiger charge is -2.06. The van der Waals surface area contributed by atoms with Gasteiger partial charge in [0.05, 0.1) is 7.11 Å². The van der Waals surface area contributed by atoms with E-state index < -0.39 is 0 Å². The van der Waals surface area contributed by atoms with Crippen molar-refractivity contribution >= 4 is 43.1 Å². The fourth-order valence-electron chi connectivity index (χ4n) is 2.28. The molecule has 1 aromatic heterocycles. The molecule has 21 heavy (non-hydrogen) atoms. The summed E-state index contributed by atoms with van der Waals surface area (Å²) in [7, 11) is 1.63. The average molecular weight is 361 g/mol. The van der Waals surface area contributed by atoms with E-state index in [1.54, 1.807) is 18.4 Å². The standard InChI is InChI=1S/C17H13BrO2S/c1-20-12-6-7-15(18)11(8-12)9-16(19)14-10-21-17-5-3-2-4-13(14)17/h2-8,10H,9H2,1H3. The summed E-state index contributed by atoms with van der Waals surface area (Å²) >= 11 is 5.10. The Kier molecular flexibility index (Phi) is 4.08. The molecule has 0 atom stereocenters. The van der Waals surface area contributed by atoms with Crippen molar-refractivity contribution in [3.05, 3.63) is 63.4 Å². The number of hydrogen-bond donors (Lipinski definition) is 0. The number of hydrogen-bond acceptors (Lipinski definition) is 3. The number of ketones is 1. The van der Waals surface area contributed by atoms with E-state index in [9.17, 15) is 4.79 Å². The fraction of sp³-hybridized carbons (Fsp3) is 0.118. The molecular formula is C17H13BrO2S. The highest BCUT2D eigenvalue weighted by atomic mass is 79.9. The SMILES string of the molecule is COc1ccc(Br)c(CC(=O)c2csc3ccccc23)c1. The van der Waals surface area contributed by atoms with Crippen LogP contribution in [0, 0.1) is 0 Å². The van der Waals surface area contributed by atoms with Crippen molar-refractivity contribution < 1.29 is 9.53 Å². The van der Waals surface area contributed by atoms with Crippen LogP contribution in [-0.4, -0.2) is 12.9 Å². The Morgan fingerprint density at radius 3 is 2.86 bits per heavy atom. The van der Waals surface area contributed by atoms with Gasteiger partial charge in [-0.15, -0.1) is 11.3 Å². The predicted octanol–water partition coefficient (Wildman–Crippen LogP) is 5.10. The molecule has 3 rings (SSSR count). The number of carbonyl (C=O) groups is 1. The van der Waals surface area contributed by atoms with Crippen molar-refractivity contribution in [2.45, 2.75) is 6.42 Å². The van der Waals surface area contributed by atoms with Gasteiger partial charge >= 0.3 is 0 Å². The molecule has 0 saturated heterocycles. The summed E-state index contributed by atoms with van der Waals surface area (Å²) in [6.07, 6.45) is 0.360. The fourth-order valence-corrected chi connectivity index (χ4v) is 3.63. The van der Waals surface area contributed by atoms with Crippen LogP contribution in [0.2, 0.25) is 0 Å². The minimum atomic E-state index is 0.126. The third-order valence-electron chi connectivity index (χ3n) is 3.39. The van der Waals surface area contributed by atoms with Gasteiger partial charge in [0, 0.05) is 31.9 Å². The number of halogens is 1. The maximum atomic E-state index is 12.6. The highest BCUT2D eigenvalue weighted by Crippen LogP contribution is 2.28. The second kappa shape index (κ2) is 6.00. The number of benzene rings is 2. The first-order chi connectivity index (χ1) is 10.2. The molecule has 0 fully saturated rings. The number of thiophene rings is 1.